The molecule has 0 unspecified atom stereocenters. The summed E-state index contributed by atoms with van der Waals surface area (Å²) in [6.07, 6.45) is 4.29. The van der Waals surface area contributed by atoms with Crippen LogP contribution in [-0.4, -0.2) is 58.0 Å². The maximum Gasteiger partial charge on any atom is 0.264 e. The van der Waals surface area contributed by atoms with Gasteiger partial charge in [-0.3, -0.25) is 13.9 Å². The number of amides is 2. The predicted molar refractivity (Wildman–Crippen MR) is 162 cm³/mol. The number of sulfonamides is 1. The van der Waals surface area contributed by atoms with Gasteiger partial charge in [0.2, 0.25) is 11.8 Å². The van der Waals surface area contributed by atoms with Gasteiger partial charge in [-0.2, -0.15) is 0 Å². The molecule has 1 aliphatic rings. The van der Waals surface area contributed by atoms with Crippen LogP contribution in [0.1, 0.15) is 44.6 Å². The average molecular weight is 594 g/mol. The Balaban J connectivity index is 1.73. The molecule has 1 N–H and O–H groups in total. The third-order valence-corrected chi connectivity index (χ3v) is 9.31. The number of rotatable bonds is 13. The van der Waals surface area contributed by atoms with Crippen molar-refractivity contribution in [3.05, 3.63) is 84.4 Å². The Hall–Kier alpha value is -4.05. The molecule has 4 rings (SSSR count). The SMILES string of the molecule is CC[C@H](C(=O)NC1CCCC1)N(Cc1cccc(OC)c1)C(=O)CN(c1cccc(OC)c1)S(=O)(=O)c1ccccc1. The summed E-state index contributed by atoms with van der Waals surface area (Å²) in [6, 6.07) is 21.1. The molecule has 0 spiro atoms. The summed E-state index contributed by atoms with van der Waals surface area (Å²) < 4.78 is 39.7. The lowest BCUT2D eigenvalue weighted by atomic mass is 10.1. The average Bonchev–Trinajstić information content (AvgIpc) is 3.53. The number of methoxy groups -OCH3 is 2. The summed E-state index contributed by atoms with van der Waals surface area (Å²) >= 11 is 0. The molecule has 10 heteroatoms. The van der Waals surface area contributed by atoms with E-state index in [2.05, 4.69) is 5.32 Å². The first-order chi connectivity index (χ1) is 20.3. The van der Waals surface area contributed by atoms with Gasteiger partial charge in [0.1, 0.15) is 24.1 Å². The van der Waals surface area contributed by atoms with Crippen LogP contribution < -0.4 is 19.1 Å². The Morgan fingerprint density at radius 3 is 2.19 bits per heavy atom. The minimum atomic E-state index is -4.15. The highest BCUT2D eigenvalue weighted by Gasteiger charge is 2.34. The van der Waals surface area contributed by atoms with Gasteiger partial charge in [0.05, 0.1) is 24.8 Å². The molecular formula is C32H39N3O6S. The van der Waals surface area contributed by atoms with Crippen LogP contribution in [0.15, 0.2) is 83.8 Å². The fraction of sp³-hybridized carbons (Fsp3) is 0.375. The van der Waals surface area contributed by atoms with Crippen molar-refractivity contribution in [1.29, 1.82) is 0 Å². The van der Waals surface area contributed by atoms with E-state index in [-0.39, 0.29) is 29.1 Å². The van der Waals surface area contributed by atoms with Gasteiger partial charge < -0.3 is 19.7 Å². The van der Waals surface area contributed by atoms with Crippen LogP contribution in [0.5, 0.6) is 11.5 Å². The van der Waals surface area contributed by atoms with Crippen molar-refractivity contribution in [2.45, 2.75) is 62.6 Å². The maximum atomic E-state index is 14.2. The number of carbonyl (C=O) groups excluding carboxylic acids is 2. The quantitative estimate of drug-likeness (QED) is 0.306. The van der Waals surface area contributed by atoms with Crippen molar-refractivity contribution in [3.63, 3.8) is 0 Å². The first-order valence-corrected chi connectivity index (χ1v) is 15.7. The number of ether oxygens (including phenoxy) is 2. The highest BCUT2D eigenvalue weighted by Crippen LogP contribution is 2.28. The topological polar surface area (TPSA) is 105 Å². The van der Waals surface area contributed by atoms with Crippen LogP contribution in [0.3, 0.4) is 0 Å². The summed E-state index contributed by atoms with van der Waals surface area (Å²) in [5, 5.41) is 3.12. The minimum Gasteiger partial charge on any atom is -0.497 e. The van der Waals surface area contributed by atoms with E-state index < -0.39 is 28.5 Å². The zero-order valence-electron chi connectivity index (χ0n) is 24.4. The maximum absolute atomic E-state index is 14.2. The van der Waals surface area contributed by atoms with Crippen LogP contribution >= 0.6 is 0 Å². The highest BCUT2D eigenvalue weighted by molar-refractivity contribution is 7.92. The molecule has 0 radical (unpaired) electrons. The molecule has 1 saturated carbocycles. The lowest BCUT2D eigenvalue weighted by Crippen LogP contribution is -2.53. The molecule has 224 valence electrons. The monoisotopic (exact) mass is 593 g/mol. The minimum absolute atomic E-state index is 0.0472. The number of nitrogens with one attached hydrogen (secondary N) is 1. The molecule has 1 fully saturated rings. The summed E-state index contributed by atoms with van der Waals surface area (Å²) in [5.41, 5.74) is 1.03. The predicted octanol–water partition coefficient (Wildman–Crippen LogP) is 4.77. The van der Waals surface area contributed by atoms with Crippen molar-refractivity contribution >= 4 is 27.5 Å². The van der Waals surface area contributed by atoms with Crippen LogP contribution in [0.4, 0.5) is 5.69 Å². The van der Waals surface area contributed by atoms with E-state index in [0.29, 0.717) is 17.9 Å². The molecule has 1 atom stereocenters. The van der Waals surface area contributed by atoms with Crippen LogP contribution in [-0.2, 0) is 26.2 Å². The second-order valence-corrected chi connectivity index (χ2v) is 12.2. The molecular weight excluding hydrogens is 554 g/mol. The largest absolute Gasteiger partial charge is 0.497 e. The number of hydrogen-bond donors (Lipinski definition) is 1. The van der Waals surface area contributed by atoms with E-state index in [4.69, 9.17) is 9.47 Å². The van der Waals surface area contributed by atoms with E-state index >= 15 is 0 Å². The first kappa shape index (κ1) is 30.9. The summed E-state index contributed by atoms with van der Waals surface area (Å²) in [4.78, 5) is 29.3. The number of hydrogen-bond acceptors (Lipinski definition) is 6. The molecule has 1 aliphatic carbocycles. The van der Waals surface area contributed by atoms with Crippen molar-refractivity contribution < 1.29 is 27.5 Å². The third kappa shape index (κ3) is 7.42. The molecule has 0 aliphatic heterocycles. The molecule has 0 bridgehead atoms. The Kier molecular flexibility index (Phi) is 10.5. The van der Waals surface area contributed by atoms with Crippen LogP contribution in [0.2, 0.25) is 0 Å². The van der Waals surface area contributed by atoms with Crippen molar-refractivity contribution in [2.75, 3.05) is 25.1 Å². The van der Waals surface area contributed by atoms with Gasteiger partial charge in [0.15, 0.2) is 0 Å². The van der Waals surface area contributed by atoms with E-state index in [1.54, 1.807) is 55.6 Å². The normalized spacial score (nSPS) is 14.2. The number of carbonyl (C=O) groups is 2. The zero-order valence-corrected chi connectivity index (χ0v) is 25.2. The lowest BCUT2D eigenvalue weighted by Gasteiger charge is -2.34. The van der Waals surface area contributed by atoms with E-state index in [9.17, 15) is 18.0 Å². The lowest BCUT2D eigenvalue weighted by molar-refractivity contribution is -0.140. The Morgan fingerprint density at radius 1 is 0.905 bits per heavy atom. The van der Waals surface area contributed by atoms with Crippen LogP contribution in [0, 0.1) is 0 Å². The van der Waals surface area contributed by atoms with Crippen LogP contribution in [0.25, 0.3) is 0 Å². The molecule has 0 heterocycles. The fourth-order valence-corrected chi connectivity index (χ4v) is 6.70. The number of nitrogens with zero attached hydrogens (tertiary/aromatic N) is 2. The van der Waals surface area contributed by atoms with E-state index in [1.165, 1.54) is 24.1 Å². The summed E-state index contributed by atoms with van der Waals surface area (Å²) in [7, 11) is -1.10. The van der Waals surface area contributed by atoms with E-state index in [1.807, 2.05) is 25.1 Å². The first-order valence-electron chi connectivity index (χ1n) is 14.2. The molecule has 0 saturated heterocycles. The van der Waals surface area contributed by atoms with Gasteiger partial charge in [-0.1, -0.05) is 56.2 Å². The fourth-order valence-electron chi connectivity index (χ4n) is 5.27. The Labute approximate surface area is 248 Å². The molecule has 0 aromatic heterocycles. The third-order valence-electron chi connectivity index (χ3n) is 7.53. The Bertz CT molecular complexity index is 1460. The van der Waals surface area contributed by atoms with Gasteiger partial charge in [-0.05, 0) is 61.2 Å². The number of benzene rings is 3. The van der Waals surface area contributed by atoms with Gasteiger partial charge in [-0.15, -0.1) is 0 Å². The van der Waals surface area contributed by atoms with E-state index in [0.717, 1.165) is 35.6 Å². The number of anilines is 1. The summed E-state index contributed by atoms with van der Waals surface area (Å²) in [5.74, 6) is 0.324. The van der Waals surface area contributed by atoms with Crippen molar-refractivity contribution in [2.24, 2.45) is 0 Å². The standard InChI is InChI=1S/C32H39N3O6S/c1-4-30(32(37)33-25-13-8-9-14-25)34(22-24-12-10-16-27(20-24)40-2)31(36)23-35(26-15-11-17-28(21-26)41-3)42(38,39)29-18-6-5-7-19-29/h5-7,10-12,15-21,25,30H,4,8-9,13-14,22-23H2,1-3H3,(H,33,37)/t30-/m1/s1. The Morgan fingerprint density at radius 2 is 1.55 bits per heavy atom. The smallest absolute Gasteiger partial charge is 0.264 e. The molecule has 3 aromatic carbocycles. The van der Waals surface area contributed by atoms with Crippen molar-refractivity contribution in [1.82, 2.24) is 10.2 Å². The highest BCUT2D eigenvalue weighted by atomic mass is 32.2. The molecule has 42 heavy (non-hydrogen) atoms. The molecule has 2 amide bonds. The molecule has 9 nitrogen and oxygen atoms in total. The second-order valence-electron chi connectivity index (χ2n) is 10.3. The second kappa shape index (κ2) is 14.2. The van der Waals surface area contributed by atoms with Gasteiger partial charge in [-0.25, -0.2) is 8.42 Å². The van der Waals surface area contributed by atoms with Gasteiger partial charge in [0, 0.05) is 18.7 Å². The van der Waals surface area contributed by atoms with Gasteiger partial charge in [0.25, 0.3) is 10.0 Å². The van der Waals surface area contributed by atoms with Gasteiger partial charge >= 0.3 is 0 Å². The summed E-state index contributed by atoms with van der Waals surface area (Å²) in [6.45, 7) is 1.44. The van der Waals surface area contributed by atoms with Crippen molar-refractivity contribution in [3.8, 4) is 11.5 Å². The zero-order chi connectivity index (χ0) is 30.1. The molecule has 3 aromatic rings.